The Morgan fingerprint density at radius 2 is 1.83 bits per heavy atom. The fraction of sp³-hybridized carbons (Fsp3) is 1.00. The van der Waals surface area contributed by atoms with Crippen molar-refractivity contribution in [3.8, 4) is 0 Å². The molecule has 2 N–H and O–H groups in total. The highest BCUT2D eigenvalue weighted by molar-refractivity contribution is 4.87. The first-order valence-corrected chi connectivity index (χ1v) is 7.74. The van der Waals surface area contributed by atoms with E-state index in [1.165, 1.54) is 44.9 Å². The van der Waals surface area contributed by atoms with Gasteiger partial charge in [-0.1, -0.05) is 33.1 Å². The van der Waals surface area contributed by atoms with Crippen molar-refractivity contribution in [1.82, 2.24) is 4.90 Å². The lowest BCUT2D eigenvalue weighted by Gasteiger charge is -2.39. The first-order chi connectivity index (χ1) is 8.74. The minimum absolute atomic E-state index is 0.352. The van der Waals surface area contributed by atoms with E-state index in [1.807, 2.05) is 0 Å². The number of methoxy groups -OCH3 is 1. The predicted octanol–water partition coefficient (Wildman–Crippen LogP) is 2.78. The van der Waals surface area contributed by atoms with Crippen molar-refractivity contribution in [2.45, 2.75) is 76.9 Å². The molecule has 18 heavy (non-hydrogen) atoms. The van der Waals surface area contributed by atoms with E-state index in [1.54, 1.807) is 7.11 Å². The third-order valence-electron chi connectivity index (χ3n) is 4.42. The fourth-order valence-corrected chi connectivity index (χ4v) is 3.30. The summed E-state index contributed by atoms with van der Waals surface area (Å²) in [6.45, 7) is 6.42. The van der Waals surface area contributed by atoms with Crippen molar-refractivity contribution in [2.75, 3.05) is 20.3 Å². The molecule has 0 spiro atoms. The van der Waals surface area contributed by atoms with Crippen molar-refractivity contribution >= 4 is 0 Å². The second kappa shape index (κ2) is 8.89. The van der Waals surface area contributed by atoms with Crippen LogP contribution in [0.15, 0.2) is 0 Å². The maximum absolute atomic E-state index is 6.42. The molecule has 0 radical (unpaired) electrons. The van der Waals surface area contributed by atoms with E-state index in [4.69, 9.17) is 10.5 Å². The Morgan fingerprint density at radius 3 is 2.44 bits per heavy atom. The lowest BCUT2D eigenvalue weighted by Crippen LogP contribution is -2.52. The molecule has 0 bridgehead atoms. The van der Waals surface area contributed by atoms with E-state index < -0.39 is 0 Å². The molecule has 0 amide bonds. The number of nitrogens with two attached hydrogens (primary N) is 1. The van der Waals surface area contributed by atoms with Crippen molar-refractivity contribution in [3.63, 3.8) is 0 Å². The van der Waals surface area contributed by atoms with Crippen LogP contribution in [0.5, 0.6) is 0 Å². The summed E-state index contributed by atoms with van der Waals surface area (Å²) in [5.74, 6) is 0. The molecule has 2 unspecified atom stereocenters. The van der Waals surface area contributed by atoms with E-state index >= 15 is 0 Å². The van der Waals surface area contributed by atoms with Gasteiger partial charge in [0.2, 0.25) is 0 Å². The molecule has 3 nitrogen and oxygen atoms in total. The third-order valence-corrected chi connectivity index (χ3v) is 4.42. The van der Waals surface area contributed by atoms with Crippen LogP contribution in [-0.2, 0) is 4.74 Å². The summed E-state index contributed by atoms with van der Waals surface area (Å²) in [5, 5.41) is 0. The quantitative estimate of drug-likeness (QED) is 0.712. The summed E-state index contributed by atoms with van der Waals surface area (Å²) >= 11 is 0. The molecule has 0 saturated heterocycles. The van der Waals surface area contributed by atoms with Crippen LogP contribution in [0.3, 0.4) is 0 Å². The molecule has 0 heterocycles. The van der Waals surface area contributed by atoms with Crippen LogP contribution in [-0.4, -0.2) is 43.3 Å². The first kappa shape index (κ1) is 15.9. The molecule has 0 aliphatic heterocycles. The average molecular weight is 256 g/mol. The normalized spacial score (nSPS) is 25.7. The molecule has 1 saturated carbocycles. The zero-order valence-corrected chi connectivity index (χ0v) is 12.5. The average Bonchev–Trinajstić information content (AvgIpc) is 2.59. The monoisotopic (exact) mass is 256 g/mol. The molecule has 1 rings (SSSR count). The highest BCUT2D eigenvalue weighted by atomic mass is 16.5. The van der Waals surface area contributed by atoms with E-state index in [0.717, 1.165) is 13.2 Å². The summed E-state index contributed by atoms with van der Waals surface area (Å²) in [4.78, 5) is 2.64. The summed E-state index contributed by atoms with van der Waals surface area (Å²) in [6.07, 6.45) is 8.87. The van der Waals surface area contributed by atoms with Gasteiger partial charge in [0, 0.05) is 31.8 Å². The smallest absolute Gasteiger partial charge is 0.0589 e. The van der Waals surface area contributed by atoms with Gasteiger partial charge in [-0.25, -0.2) is 0 Å². The Labute approximate surface area is 113 Å². The van der Waals surface area contributed by atoms with E-state index in [9.17, 15) is 0 Å². The molecule has 2 atom stereocenters. The standard InChI is InChI=1S/C15H32N2O/c1-4-13(5-2)17(11-12-18-3)15-10-8-6-7-9-14(15)16/h13-15H,4-12,16H2,1-3H3. The first-order valence-electron chi connectivity index (χ1n) is 7.74. The zero-order valence-electron chi connectivity index (χ0n) is 12.5. The molecule has 1 fully saturated rings. The van der Waals surface area contributed by atoms with Gasteiger partial charge in [-0.2, -0.15) is 0 Å². The molecule has 0 aromatic carbocycles. The van der Waals surface area contributed by atoms with Gasteiger partial charge in [0.15, 0.2) is 0 Å². The molecule has 0 aromatic rings. The van der Waals surface area contributed by atoms with Crippen molar-refractivity contribution < 1.29 is 4.74 Å². The van der Waals surface area contributed by atoms with Gasteiger partial charge in [-0.05, 0) is 25.7 Å². The van der Waals surface area contributed by atoms with Gasteiger partial charge in [0.1, 0.15) is 0 Å². The van der Waals surface area contributed by atoms with Gasteiger partial charge in [0.25, 0.3) is 0 Å². The predicted molar refractivity (Wildman–Crippen MR) is 77.8 cm³/mol. The van der Waals surface area contributed by atoms with Gasteiger partial charge >= 0.3 is 0 Å². The second-order valence-electron chi connectivity index (χ2n) is 5.57. The molecular formula is C15H32N2O. The van der Waals surface area contributed by atoms with Crippen LogP contribution < -0.4 is 5.73 Å². The van der Waals surface area contributed by atoms with Crippen LogP contribution in [0.1, 0.15) is 58.8 Å². The number of hydrogen-bond donors (Lipinski definition) is 1. The van der Waals surface area contributed by atoms with Crippen LogP contribution in [0.2, 0.25) is 0 Å². The van der Waals surface area contributed by atoms with Crippen LogP contribution in [0.4, 0.5) is 0 Å². The van der Waals surface area contributed by atoms with E-state index in [-0.39, 0.29) is 0 Å². The second-order valence-corrected chi connectivity index (χ2v) is 5.57. The Hall–Kier alpha value is -0.120. The summed E-state index contributed by atoms with van der Waals surface area (Å²) < 4.78 is 5.29. The zero-order chi connectivity index (χ0) is 13.4. The molecule has 108 valence electrons. The molecule has 0 aromatic heterocycles. The number of nitrogens with zero attached hydrogens (tertiary/aromatic N) is 1. The van der Waals surface area contributed by atoms with Gasteiger partial charge in [0.05, 0.1) is 6.61 Å². The van der Waals surface area contributed by atoms with Crippen LogP contribution in [0.25, 0.3) is 0 Å². The molecule has 3 heteroatoms. The minimum atomic E-state index is 0.352. The Kier molecular flexibility index (Phi) is 7.87. The van der Waals surface area contributed by atoms with Gasteiger partial charge < -0.3 is 10.5 Å². The SMILES string of the molecule is CCC(CC)N(CCOC)C1CCCCCC1N. The molecular weight excluding hydrogens is 224 g/mol. The highest BCUT2D eigenvalue weighted by Crippen LogP contribution is 2.24. The lowest BCUT2D eigenvalue weighted by molar-refractivity contribution is 0.0652. The maximum Gasteiger partial charge on any atom is 0.0589 e. The Morgan fingerprint density at radius 1 is 1.17 bits per heavy atom. The Bertz CT molecular complexity index is 207. The van der Waals surface area contributed by atoms with Crippen molar-refractivity contribution in [2.24, 2.45) is 5.73 Å². The molecule has 1 aliphatic rings. The van der Waals surface area contributed by atoms with Crippen LogP contribution >= 0.6 is 0 Å². The molecule has 1 aliphatic carbocycles. The van der Waals surface area contributed by atoms with E-state index in [0.29, 0.717) is 18.1 Å². The Balaban J connectivity index is 2.71. The summed E-state index contributed by atoms with van der Waals surface area (Å²) in [7, 11) is 1.79. The maximum atomic E-state index is 6.42. The van der Waals surface area contributed by atoms with Crippen molar-refractivity contribution in [3.05, 3.63) is 0 Å². The highest BCUT2D eigenvalue weighted by Gasteiger charge is 2.29. The summed E-state index contributed by atoms with van der Waals surface area (Å²) in [6, 6.07) is 1.58. The largest absolute Gasteiger partial charge is 0.383 e. The lowest BCUT2D eigenvalue weighted by atomic mass is 9.98. The fourth-order valence-electron chi connectivity index (χ4n) is 3.30. The topological polar surface area (TPSA) is 38.5 Å². The number of ether oxygens (including phenoxy) is 1. The number of rotatable bonds is 7. The van der Waals surface area contributed by atoms with Gasteiger partial charge in [-0.15, -0.1) is 0 Å². The van der Waals surface area contributed by atoms with Crippen molar-refractivity contribution in [1.29, 1.82) is 0 Å². The van der Waals surface area contributed by atoms with Crippen LogP contribution in [0, 0.1) is 0 Å². The van der Waals surface area contributed by atoms with E-state index in [2.05, 4.69) is 18.7 Å². The summed E-state index contributed by atoms with van der Waals surface area (Å²) in [5.41, 5.74) is 6.42. The van der Waals surface area contributed by atoms with Gasteiger partial charge in [-0.3, -0.25) is 4.90 Å². The third kappa shape index (κ3) is 4.52. The number of hydrogen-bond acceptors (Lipinski definition) is 3. The minimum Gasteiger partial charge on any atom is -0.383 e.